The van der Waals surface area contributed by atoms with Crippen LogP contribution >= 0.6 is 0 Å². The highest BCUT2D eigenvalue weighted by atomic mass is 16.5. The molecule has 4 bridgehead atoms. The molecule has 10 nitrogen and oxygen atoms in total. The summed E-state index contributed by atoms with van der Waals surface area (Å²) in [5, 5.41) is 5.24. The van der Waals surface area contributed by atoms with Gasteiger partial charge in [-0.3, -0.25) is 19.6 Å². The van der Waals surface area contributed by atoms with E-state index < -0.39 is 11.8 Å². The number of aromatic nitrogens is 2. The van der Waals surface area contributed by atoms with Gasteiger partial charge in [-0.1, -0.05) is 0 Å². The van der Waals surface area contributed by atoms with Gasteiger partial charge in [0, 0.05) is 50.0 Å². The summed E-state index contributed by atoms with van der Waals surface area (Å²) in [5.41, 5.74) is 7.62. The third kappa shape index (κ3) is 5.39. The van der Waals surface area contributed by atoms with Gasteiger partial charge in [-0.15, -0.1) is 0 Å². The van der Waals surface area contributed by atoms with Gasteiger partial charge in [-0.25, -0.2) is 4.98 Å². The monoisotopic (exact) mass is 410 g/mol. The van der Waals surface area contributed by atoms with Gasteiger partial charge in [-0.05, 0) is 17.7 Å². The molecule has 0 saturated carbocycles. The average Bonchev–Trinajstić information content (AvgIpc) is 2.77. The van der Waals surface area contributed by atoms with Gasteiger partial charge in [0.25, 0.3) is 11.8 Å². The van der Waals surface area contributed by atoms with E-state index in [4.69, 9.17) is 15.2 Å². The Hall–Kier alpha value is -3.79. The van der Waals surface area contributed by atoms with Crippen LogP contribution in [0, 0.1) is 0 Å². The molecule has 1 aliphatic rings. The van der Waals surface area contributed by atoms with Crippen molar-refractivity contribution in [2.45, 2.75) is 0 Å². The number of hydrogen-bond acceptors (Lipinski definition) is 8. The number of nitrogens with zero attached hydrogens (tertiary/aromatic N) is 3. The number of allylic oxidation sites excluding steroid dienone is 1. The van der Waals surface area contributed by atoms with Crippen molar-refractivity contribution in [3.05, 3.63) is 53.7 Å². The molecule has 3 heterocycles. The molecule has 0 saturated heterocycles. The van der Waals surface area contributed by atoms with E-state index in [1.807, 2.05) is 0 Å². The predicted octanol–water partition coefficient (Wildman–Crippen LogP) is 0.270. The van der Waals surface area contributed by atoms with Crippen molar-refractivity contribution in [2.24, 2.45) is 10.7 Å². The summed E-state index contributed by atoms with van der Waals surface area (Å²) in [6.07, 6.45) is 5.98. The minimum Gasteiger partial charge on any atom is -0.475 e. The number of amides is 2. The van der Waals surface area contributed by atoms with Gasteiger partial charge in [-0.2, -0.15) is 0 Å². The molecule has 156 valence electrons. The lowest BCUT2D eigenvalue weighted by atomic mass is 10.1. The van der Waals surface area contributed by atoms with Crippen LogP contribution in [0.2, 0.25) is 0 Å². The predicted molar refractivity (Wildman–Crippen MR) is 110 cm³/mol. The lowest BCUT2D eigenvalue weighted by Gasteiger charge is -2.12. The number of fused-ring (bicyclic) bond motifs is 5. The molecule has 0 radical (unpaired) electrons. The summed E-state index contributed by atoms with van der Waals surface area (Å²) in [4.78, 5) is 37.2. The van der Waals surface area contributed by atoms with Crippen LogP contribution in [-0.2, 0) is 9.53 Å². The summed E-state index contributed by atoms with van der Waals surface area (Å²) in [6, 6.07) is 5.22. The summed E-state index contributed by atoms with van der Waals surface area (Å²) in [7, 11) is 1.51. The van der Waals surface area contributed by atoms with Crippen LogP contribution < -0.4 is 21.1 Å². The third-order valence-corrected chi connectivity index (χ3v) is 4.12. The number of pyridine rings is 2. The normalized spacial score (nSPS) is 16.3. The Balaban J connectivity index is 1.96. The molecule has 0 fully saturated rings. The van der Waals surface area contributed by atoms with Gasteiger partial charge in [0.05, 0.1) is 24.5 Å². The lowest BCUT2D eigenvalue weighted by Crippen LogP contribution is -2.36. The number of carbonyl (C=O) groups excluding carboxylic acids is 2. The molecule has 30 heavy (non-hydrogen) atoms. The van der Waals surface area contributed by atoms with Gasteiger partial charge >= 0.3 is 0 Å². The number of carbonyl (C=O) groups is 2. The Bertz CT molecular complexity index is 989. The molecule has 0 aliphatic carbocycles. The Morgan fingerprint density at radius 3 is 2.77 bits per heavy atom. The SMILES string of the molecule is CN=CC1=C(N)C(=O)NCCOCCOc2cc(ccn2)-c2cncc(c2)C(=O)N1. The van der Waals surface area contributed by atoms with Crippen LogP contribution in [0.1, 0.15) is 10.4 Å². The van der Waals surface area contributed by atoms with Crippen LogP contribution in [0.4, 0.5) is 0 Å². The quantitative estimate of drug-likeness (QED) is 0.573. The van der Waals surface area contributed by atoms with Crippen molar-refractivity contribution in [3.8, 4) is 17.0 Å². The zero-order chi connectivity index (χ0) is 21.3. The number of nitrogens with two attached hydrogens (primary N) is 1. The van der Waals surface area contributed by atoms with Crippen molar-refractivity contribution in [3.63, 3.8) is 0 Å². The van der Waals surface area contributed by atoms with Gasteiger partial charge in [0.15, 0.2) is 0 Å². The highest BCUT2D eigenvalue weighted by molar-refractivity contribution is 6.04. The van der Waals surface area contributed by atoms with Gasteiger partial charge < -0.3 is 25.8 Å². The zero-order valence-electron chi connectivity index (χ0n) is 16.4. The molecule has 0 spiro atoms. The molecule has 10 heteroatoms. The molecule has 1 aliphatic heterocycles. The molecule has 2 aromatic heterocycles. The first kappa shape index (κ1) is 20.9. The van der Waals surface area contributed by atoms with E-state index in [9.17, 15) is 9.59 Å². The highest BCUT2D eigenvalue weighted by Crippen LogP contribution is 2.22. The summed E-state index contributed by atoms with van der Waals surface area (Å²) < 4.78 is 11.0. The average molecular weight is 410 g/mol. The molecular weight excluding hydrogens is 388 g/mol. The summed E-state index contributed by atoms with van der Waals surface area (Å²) in [6.45, 7) is 1.14. The fraction of sp³-hybridized carbons (Fsp3) is 0.250. The van der Waals surface area contributed by atoms with E-state index in [-0.39, 0.29) is 30.1 Å². The second-order valence-corrected chi connectivity index (χ2v) is 6.23. The lowest BCUT2D eigenvalue weighted by molar-refractivity contribution is -0.117. The van der Waals surface area contributed by atoms with Crippen molar-refractivity contribution in [1.82, 2.24) is 20.6 Å². The number of aliphatic imine (C=N–C) groups is 1. The van der Waals surface area contributed by atoms with Crippen LogP contribution in [-0.4, -0.2) is 61.4 Å². The summed E-state index contributed by atoms with van der Waals surface area (Å²) >= 11 is 0. The summed E-state index contributed by atoms with van der Waals surface area (Å²) in [5.74, 6) is -0.597. The molecule has 0 atom stereocenters. The minimum atomic E-state index is -0.544. The second-order valence-electron chi connectivity index (χ2n) is 6.23. The smallest absolute Gasteiger partial charge is 0.269 e. The van der Waals surface area contributed by atoms with Gasteiger partial charge in [0.2, 0.25) is 5.88 Å². The van der Waals surface area contributed by atoms with E-state index in [1.54, 1.807) is 30.6 Å². The highest BCUT2D eigenvalue weighted by Gasteiger charge is 2.15. The van der Waals surface area contributed by atoms with Gasteiger partial charge in [0.1, 0.15) is 12.3 Å². The molecule has 4 N–H and O–H groups in total. The molecule has 0 aromatic carbocycles. The first-order valence-corrected chi connectivity index (χ1v) is 9.22. The Kier molecular flexibility index (Phi) is 7.06. The Morgan fingerprint density at radius 1 is 1.10 bits per heavy atom. The minimum absolute atomic E-state index is 0.0898. The number of hydrogen-bond donors (Lipinski definition) is 3. The molecule has 0 unspecified atom stereocenters. The van der Waals surface area contributed by atoms with Crippen molar-refractivity contribution in [1.29, 1.82) is 0 Å². The topological polar surface area (TPSA) is 141 Å². The fourth-order valence-electron chi connectivity index (χ4n) is 2.64. The number of ether oxygens (including phenoxy) is 2. The molecular formula is C20H22N6O4. The molecule has 2 amide bonds. The standard InChI is InChI=1S/C20H22N6O4/c1-22-12-16-18(21)20(28)25-4-5-29-6-7-30-17-9-13(2-3-24-17)14-8-15(11-23-10-14)19(27)26-16/h2-3,8-12H,4-7,21H2,1H3,(H,25,28)(H,26,27). The Morgan fingerprint density at radius 2 is 1.93 bits per heavy atom. The van der Waals surface area contributed by atoms with Crippen molar-refractivity contribution < 1.29 is 19.1 Å². The largest absolute Gasteiger partial charge is 0.475 e. The van der Waals surface area contributed by atoms with Crippen LogP contribution in [0.25, 0.3) is 11.1 Å². The first-order chi connectivity index (χ1) is 14.6. The third-order valence-electron chi connectivity index (χ3n) is 4.12. The molecule has 3 rings (SSSR count). The van der Waals surface area contributed by atoms with E-state index in [2.05, 4.69) is 25.6 Å². The molecule has 2 aromatic rings. The first-order valence-electron chi connectivity index (χ1n) is 9.22. The maximum absolute atomic E-state index is 12.7. The van der Waals surface area contributed by atoms with E-state index in [1.165, 1.54) is 19.5 Å². The number of rotatable bonds is 1. The van der Waals surface area contributed by atoms with Crippen LogP contribution in [0.3, 0.4) is 0 Å². The van der Waals surface area contributed by atoms with Crippen LogP contribution in [0.5, 0.6) is 5.88 Å². The number of nitrogens with one attached hydrogen (secondary N) is 2. The zero-order valence-corrected chi connectivity index (χ0v) is 16.4. The maximum atomic E-state index is 12.7. The van der Waals surface area contributed by atoms with Crippen molar-refractivity contribution in [2.75, 3.05) is 33.4 Å². The van der Waals surface area contributed by atoms with Crippen molar-refractivity contribution >= 4 is 18.0 Å². The van der Waals surface area contributed by atoms with E-state index in [0.717, 1.165) is 5.56 Å². The second kappa shape index (κ2) is 10.1. The fourth-order valence-corrected chi connectivity index (χ4v) is 2.64. The van der Waals surface area contributed by atoms with E-state index >= 15 is 0 Å². The van der Waals surface area contributed by atoms with E-state index in [0.29, 0.717) is 24.7 Å². The van der Waals surface area contributed by atoms with Crippen LogP contribution in [0.15, 0.2) is 53.2 Å². The Labute approximate surface area is 173 Å². The maximum Gasteiger partial charge on any atom is 0.269 e.